The molecule has 1 heterocycles. The molecular weight excluding hydrogens is 436 g/mol. The molecule has 0 aliphatic carbocycles. The summed E-state index contributed by atoms with van der Waals surface area (Å²) in [4.78, 5) is 24.5. The second-order valence-electron chi connectivity index (χ2n) is 7.16. The molecule has 3 aromatic rings. The van der Waals surface area contributed by atoms with Gasteiger partial charge in [-0.1, -0.05) is 41.9 Å². The number of sulfonamides is 1. The molecule has 0 unspecified atom stereocenters. The van der Waals surface area contributed by atoms with Crippen molar-refractivity contribution in [1.82, 2.24) is 0 Å². The largest absolute Gasteiger partial charge is 0.321 e. The molecule has 3 aromatic carbocycles. The number of carbonyl (C=O) groups excluding carboxylic acids is 2. The summed E-state index contributed by atoms with van der Waals surface area (Å²) in [5.41, 5.74) is 2.40. The summed E-state index contributed by atoms with van der Waals surface area (Å²) in [6.45, 7) is 1.71. The third-order valence-corrected chi connectivity index (χ3v) is 7.46. The summed E-state index contributed by atoms with van der Waals surface area (Å²) in [6.07, 6.45) is 0.606. The number of ketones is 1. The number of anilines is 2. The summed E-state index contributed by atoms with van der Waals surface area (Å²) < 4.78 is 28.0. The van der Waals surface area contributed by atoms with Crippen molar-refractivity contribution in [3.05, 3.63) is 88.4 Å². The minimum Gasteiger partial charge on any atom is -0.321 e. The summed E-state index contributed by atoms with van der Waals surface area (Å²) in [6, 6.07) is 18.0. The molecule has 0 radical (unpaired) electrons. The van der Waals surface area contributed by atoms with E-state index in [0.717, 1.165) is 5.56 Å². The highest BCUT2D eigenvalue weighted by Gasteiger charge is 2.32. The van der Waals surface area contributed by atoms with Gasteiger partial charge >= 0.3 is 0 Å². The lowest BCUT2D eigenvalue weighted by Crippen LogP contribution is -2.29. The number of benzene rings is 3. The second-order valence-corrected chi connectivity index (χ2v) is 9.39. The van der Waals surface area contributed by atoms with Gasteiger partial charge in [-0.2, -0.15) is 0 Å². The average Bonchev–Trinajstić information content (AvgIpc) is 3.19. The van der Waals surface area contributed by atoms with Crippen molar-refractivity contribution < 1.29 is 18.0 Å². The highest BCUT2D eigenvalue weighted by Crippen LogP contribution is 2.35. The Morgan fingerprint density at radius 1 is 1.00 bits per heavy atom. The molecule has 0 bridgehead atoms. The van der Waals surface area contributed by atoms with Gasteiger partial charge in [0.1, 0.15) is 4.90 Å². The van der Waals surface area contributed by atoms with Crippen molar-refractivity contribution in [2.45, 2.75) is 18.2 Å². The maximum atomic E-state index is 13.4. The third-order valence-electron chi connectivity index (χ3n) is 5.16. The lowest BCUT2D eigenvalue weighted by Gasteiger charge is -2.20. The lowest BCUT2D eigenvalue weighted by atomic mass is 10.1. The smallest absolute Gasteiger partial charge is 0.265 e. The predicted octanol–water partition coefficient (Wildman–Crippen LogP) is 4.55. The maximum absolute atomic E-state index is 13.4. The number of amides is 1. The molecule has 1 aliphatic rings. The maximum Gasteiger partial charge on any atom is 0.265 e. The van der Waals surface area contributed by atoms with E-state index in [4.69, 9.17) is 11.6 Å². The van der Waals surface area contributed by atoms with Crippen LogP contribution < -0.4 is 9.62 Å². The van der Waals surface area contributed by atoms with Crippen molar-refractivity contribution in [2.24, 2.45) is 0 Å². The van der Waals surface area contributed by atoms with Crippen LogP contribution >= 0.6 is 11.6 Å². The number of rotatable bonds is 5. The molecular formula is C23H19ClN2O4S. The lowest BCUT2D eigenvalue weighted by molar-refractivity contribution is 0.101. The summed E-state index contributed by atoms with van der Waals surface area (Å²) in [7, 11) is -3.97. The molecule has 0 spiro atoms. The van der Waals surface area contributed by atoms with E-state index in [2.05, 4.69) is 5.32 Å². The molecule has 1 amide bonds. The minimum absolute atomic E-state index is 0.0325. The van der Waals surface area contributed by atoms with Crippen LogP contribution in [0.25, 0.3) is 0 Å². The zero-order valence-corrected chi connectivity index (χ0v) is 18.2. The average molecular weight is 455 g/mol. The van der Waals surface area contributed by atoms with Crippen molar-refractivity contribution in [3.63, 3.8) is 0 Å². The van der Waals surface area contributed by atoms with Gasteiger partial charge < -0.3 is 5.32 Å². The highest BCUT2D eigenvalue weighted by molar-refractivity contribution is 7.93. The number of para-hydroxylation sites is 2. The molecule has 0 fully saturated rings. The number of halogens is 1. The molecule has 31 heavy (non-hydrogen) atoms. The topological polar surface area (TPSA) is 83.5 Å². The van der Waals surface area contributed by atoms with Crippen LogP contribution in [0.15, 0.2) is 71.6 Å². The van der Waals surface area contributed by atoms with Crippen molar-refractivity contribution in [2.75, 3.05) is 16.2 Å². The summed E-state index contributed by atoms with van der Waals surface area (Å²) in [5.74, 6) is -0.730. The quantitative estimate of drug-likeness (QED) is 0.573. The molecule has 4 rings (SSSR count). The van der Waals surface area contributed by atoms with E-state index in [0.29, 0.717) is 29.9 Å². The van der Waals surface area contributed by atoms with Crippen molar-refractivity contribution >= 4 is 44.7 Å². The Morgan fingerprint density at radius 2 is 1.71 bits per heavy atom. The van der Waals surface area contributed by atoms with Gasteiger partial charge in [0, 0.05) is 17.7 Å². The monoisotopic (exact) mass is 454 g/mol. The van der Waals surface area contributed by atoms with Crippen LogP contribution in [0.2, 0.25) is 5.02 Å². The number of fused-ring (bicyclic) bond motifs is 1. The number of hydrogen-bond donors (Lipinski definition) is 1. The van der Waals surface area contributed by atoms with Crippen LogP contribution in [0, 0.1) is 0 Å². The van der Waals surface area contributed by atoms with Gasteiger partial charge in [0.2, 0.25) is 0 Å². The molecule has 158 valence electrons. The van der Waals surface area contributed by atoms with Gasteiger partial charge in [-0.3, -0.25) is 13.9 Å². The van der Waals surface area contributed by atoms with E-state index in [1.54, 1.807) is 36.4 Å². The Bertz CT molecular complexity index is 1300. The first-order valence-corrected chi connectivity index (χ1v) is 11.4. The van der Waals surface area contributed by atoms with Gasteiger partial charge in [-0.05, 0) is 55.3 Å². The normalized spacial score (nSPS) is 13.0. The van der Waals surface area contributed by atoms with E-state index in [-0.39, 0.29) is 21.3 Å². The van der Waals surface area contributed by atoms with E-state index in [1.165, 1.54) is 29.4 Å². The van der Waals surface area contributed by atoms with Gasteiger partial charge in [-0.15, -0.1) is 0 Å². The Morgan fingerprint density at radius 3 is 2.48 bits per heavy atom. The number of carbonyl (C=O) groups is 2. The summed E-state index contributed by atoms with van der Waals surface area (Å²) >= 11 is 6.24. The first-order chi connectivity index (χ1) is 14.8. The van der Waals surface area contributed by atoms with Crippen LogP contribution in [0.5, 0.6) is 0 Å². The number of nitrogens with one attached hydrogen (secondary N) is 1. The van der Waals surface area contributed by atoms with Crippen LogP contribution in [0.4, 0.5) is 11.4 Å². The molecule has 6 nitrogen and oxygen atoms in total. The number of nitrogens with zero attached hydrogens (tertiary/aromatic N) is 1. The predicted molar refractivity (Wildman–Crippen MR) is 121 cm³/mol. The zero-order valence-electron chi connectivity index (χ0n) is 16.6. The Balaban J connectivity index is 1.68. The molecule has 8 heteroatoms. The van der Waals surface area contributed by atoms with Gasteiger partial charge in [0.15, 0.2) is 5.78 Å². The molecule has 0 atom stereocenters. The second kappa shape index (κ2) is 8.17. The van der Waals surface area contributed by atoms with Crippen molar-refractivity contribution in [3.8, 4) is 0 Å². The highest BCUT2D eigenvalue weighted by atomic mass is 35.5. The van der Waals surface area contributed by atoms with E-state index in [1.807, 2.05) is 12.1 Å². The third kappa shape index (κ3) is 3.94. The zero-order chi connectivity index (χ0) is 22.2. The van der Waals surface area contributed by atoms with Gasteiger partial charge in [-0.25, -0.2) is 8.42 Å². The van der Waals surface area contributed by atoms with Gasteiger partial charge in [0.05, 0.1) is 16.4 Å². The fraction of sp³-hybridized carbons (Fsp3) is 0.130. The molecule has 0 saturated heterocycles. The standard InChI is InChI=1S/C23H19ClN2O4S/c1-15(27)18-7-3-4-8-20(18)25-23(28)17-10-11-19(24)22(14-17)31(29,30)26-13-12-16-6-2-5-9-21(16)26/h2-11,14H,12-13H2,1H3,(H,25,28). The van der Waals surface area contributed by atoms with E-state index >= 15 is 0 Å². The first kappa shape index (κ1) is 21.1. The fourth-order valence-corrected chi connectivity index (χ4v) is 5.62. The van der Waals surface area contributed by atoms with E-state index in [9.17, 15) is 18.0 Å². The van der Waals surface area contributed by atoms with Crippen LogP contribution in [0.1, 0.15) is 33.2 Å². The molecule has 1 aliphatic heterocycles. The Hall–Kier alpha value is -3.16. The fourth-order valence-electron chi connectivity index (χ4n) is 3.61. The van der Waals surface area contributed by atoms with Crippen molar-refractivity contribution in [1.29, 1.82) is 0 Å². The first-order valence-electron chi connectivity index (χ1n) is 9.60. The minimum atomic E-state index is -3.97. The summed E-state index contributed by atoms with van der Waals surface area (Å²) in [5, 5.41) is 2.71. The van der Waals surface area contributed by atoms with Crippen LogP contribution in [-0.2, 0) is 16.4 Å². The molecule has 0 saturated carbocycles. The van der Waals surface area contributed by atoms with E-state index < -0.39 is 15.9 Å². The van der Waals surface area contributed by atoms with Crippen LogP contribution in [0.3, 0.4) is 0 Å². The number of hydrogen-bond acceptors (Lipinski definition) is 4. The van der Waals surface area contributed by atoms with Gasteiger partial charge in [0.25, 0.3) is 15.9 Å². The molecule has 0 aromatic heterocycles. The van der Waals surface area contributed by atoms with Crippen LogP contribution in [-0.4, -0.2) is 26.7 Å². The molecule has 1 N–H and O–H groups in total. The number of Topliss-reactive ketones (excluding diaryl/α,β-unsaturated/α-hetero) is 1. The SMILES string of the molecule is CC(=O)c1ccccc1NC(=O)c1ccc(Cl)c(S(=O)(=O)N2CCc3ccccc32)c1. The Labute approximate surface area is 185 Å². The Kier molecular flexibility index (Phi) is 5.56.